The van der Waals surface area contributed by atoms with Crippen LogP contribution in [-0.2, 0) is 6.42 Å². The Bertz CT molecular complexity index is 3610. The molecule has 1 aliphatic rings. The minimum atomic E-state index is 0.802. The lowest BCUT2D eigenvalue weighted by molar-refractivity contribution is 0.660. The van der Waals surface area contributed by atoms with Crippen molar-refractivity contribution in [3.05, 3.63) is 162 Å². The van der Waals surface area contributed by atoms with Crippen molar-refractivity contribution in [3.63, 3.8) is 0 Å². The first-order valence-electron chi connectivity index (χ1n) is 18.5. The first kappa shape index (κ1) is 28.5. The van der Waals surface area contributed by atoms with E-state index in [-0.39, 0.29) is 0 Å². The predicted molar refractivity (Wildman–Crippen MR) is 220 cm³/mol. The highest BCUT2D eigenvalue weighted by atomic mass is 16.3. The van der Waals surface area contributed by atoms with E-state index in [0.717, 1.165) is 117 Å². The lowest BCUT2D eigenvalue weighted by Crippen LogP contribution is -2.00. The summed E-state index contributed by atoms with van der Waals surface area (Å²) in [6, 6.07) is 49.0. The zero-order valence-electron chi connectivity index (χ0n) is 28.9. The van der Waals surface area contributed by atoms with Crippen molar-refractivity contribution >= 4 is 104 Å². The van der Waals surface area contributed by atoms with Gasteiger partial charge in [0, 0.05) is 54.2 Å². The Morgan fingerprint density at radius 3 is 1.63 bits per heavy atom. The van der Waals surface area contributed by atoms with Crippen LogP contribution in [0.5, 0.6) is 0 Å². The van der Waals surface area contributed by atoms with Gasteiger partial charge in [0.25, 0.3) is 0 Å². The molecule has 0 bridgehead atoms. The number of allylic oxidation sites excluding steroid dienone is 1. The molecule has 0 radical (unpaired) electrons. The van der Waals surface area contributed by atoms with Crippen molar-refractivity contribution in [1.29, 1.82) is 0 Å². The average molecular weight is 693 g/mol. The molecule has 4 nitrogen and oxygen atoms in total. The second kappa shape index (κ2) is 10.3. The number of rotatable bonds is 2. The van der Waals surface area contributed by atoms with E-state index in [1.165, 1.54) is 27.5 Å². The number of fused-ring (bicyclic) bond motifs is 16. The molecule has 252 valence electrons. The predicted octanol–water partition coefficient (Wildman–Crippen LogP) is 14.5. The fourth-order valence-electron chi connectivity index (χ4n) is 9.40. The minimum Gasteiger partial charge on any atom is -0.456 e. The fraction of sp³-hybridized carbons (Fsp3) is 0.0400. The summed E-state index contributed by atoms with van der Waals surface area (Å²) in [4.78, 5) is 0. The molecule has 0 saturated heterocycles. The SMILES string of the molecule is C1=C(c2cc3oc4cc5c(cc4c3c3c2oc2ccccc23)oc2cc(-c3cccc4ccccc34)c3oc4ccccc4c3c25)c2ccccc2CC1. The maximum Gasteiger partial charge on any atom is 0.144 e. The molecule has 0 aliphatic heterocycles. The van der Waals surface area contributed by atoms with Gasteiger partial charge in [-0.2, -0.15) is 0 Å². The molecular formula is C50H28O4. The first-order chi connectivity index (χ1) is 26.8. The summed E-state index contributed by atoms with van der Waals surface area (Å²) >= 11 is 0. The zero-order chi connectivity index (χ0) is 35.1. The van der Waals surface area contributed by atoms with E-state index < -0.39 is 0 Å². The second-order valence-corrected chi connectivity index (χ2v) is 14.6. The van der Waals surface area contributed by atoms with Gasteiger partial charge < -0.3 is 17.7 Å². The van der Waals surface area contributed by atoms with Crippen molar-refractivity contribution in [2.75, 3.05) is 0 Å². The summed E-state index contributed by atoms with van der Waals surface area (Å²) in [6.45, 7) is 0. The Kier molecular flexibility index (Phi) is 5.44. The molecule has 4 heterocycles. The molecule has 0 atom stereocenters. The van der Waals surface area contributed by atoms with E-state index in [1.54, 1.807) is 0 Å². The van der Waals surface area contributed by atoms with Crippen LogP contribution in [0, 0.1) is 0 Å². The maximum absolute atomic E-state index is 6.91. The Morgan fingerprint density at radius 1 is 0.352 bits per heavy atom. The second-order valence-electron chi connectivity index (χ2n) is 14.6. The third-order valence-corrected chi connectivity index (χ3v) is 11.7. The molecule has 0 saturated carbocycles. The molecular weight excluding hydrogens is 665 g/mol. The Labute approximate surface area is 307 Å². The molecule has 12 aromatic rings. The van der Waals surface area contributed by atoms with Gasteiger partial charge in [0.1, 0.15) is 44.7 Å². The maximum atomic E-state index is 6.91. The largest absolute Gasteiger partial charge is 0.456 e. The Morgan fingerprint density at radius 2 is 0.907 bits per heavy atom. The summed E-state index contributed by atoms with van der Waals surface area (Å²) in [5.74, 6) is 0. The van der Waals surface area contributed by atoms with E-state index in [4.69, 9.17) is 17.7 Å². The molecule has 0 amide bonds. The number of furan rings is 4. The van der Waals surface area contributed by atoms with Crippen molar-refractivity contribution in [1.82, 2.24) is 0 Å². The Balaban J connectivity index is 1.14. The summed E-state index contributed by atoms with van der Waals surface area (Å²) in [5.41, 5.74) is 13.7. The number of hydrogen-bond donors (Lipinski definition) is 0. The van der Waals surface area contributed by atoms with Crippen LogP contribution >= 0.6 is 0 Å². The molecule has 0 unspecified atom stereocenters. The quantitative estimate of drug-likeness (QED) is 0.181. The summed E-state index contributed by atoms with van der Waals surface area (Å²) in [6.07, 6.45) is 4.37. The van der Waals surface area contributed by atoms with E-state index >= 15 is 0 Å². The summed E-state index contributed by atoms with van der Waals surface area (Å²) < 4.78 is 27.3. The number of hydrogen-bond acceptors (Lipinski definition) is 4. The van der Waals surface area contributed by atoms with Crippen LogP contribution in [-0.4, -0.2) is 0 Å². The number of para-hydroxylation sites is 2. The zero-order valence-corrected chi connectivity index (χ0v) is 28.9. The molecule has 8 aromatic carbocycles. The highest BCUT2D eigenvalue weighted by Crippen LogP contribution is 2.49. The van der Waals surface area contributed by atoms with Gasteiger partial charge in [-0.15, -0.1) is 0 Å². The van der Waals surface area contributed by atoms with Crippen LogP contribution in [0.25, 0.3) is 115 Å². The van der Waals surface area contributed by atoms with Crippen molar-refractivity contribution in [2.45, 2.75) is 12.8 Å². The van der Waals surface area contributed by atoms with Gasteiger partial charge in [-0.05, 0) is 82.3 Å². The van der Waals surface area contributed by atoms with Gasteiger partial charge in [-0.25, -0.2) is 0 Å². The molecule has 0 spiro atoms. The summed E-state index contributed by atoms with van der Waals surface area (Å²) in [5, 5.41) is 10.7. The standard InChI is InChI=1S/C50H28O4/c1-3-15-29-27(11-1)13-9-19-31(29)35-23-43-45(47-33-17-5-7-21-39(33)53-49(35)47)37-25-42-38(26-41(37)51-43)46-44(52-42)24-36(32-20-10-14-28-12-2-4-16-30(28)32)50-48(46)34-18-6-8-22-40(34)54-50/h1-9,11-13,15-26H,10,14H2. The molecule has 4 aromatic heterocycles. The number of benzene rings is 8. The van der Waals surface area contributed by atoms with E-state index in [0.29, 0.717) is 0 Å². The van der Waals surface area contributed by atoms with Crippen molar-refractivity contribution in [3.8, 4) is 11.1 Å². The van der Waals surface area contributed by atoms with Gasteiger partial charge in [-0.3, -0.25) is 0 Å². The van der Waals surface area contributed by atoms with Gasteiger partial charge in [0.15, 0.2) is 0 Å². The third-order valence-electron chi connectivity index (χ3n) is 11.7. The van der Waals surface area contributed by atoms with Crippen molar-refractivity contribution < 1.29 is 17.7 Å². The third kappa shape index (κ3) is 3.71. The fourth-order valence-corrected chi connectivity index (χ4v) is 9.40. The average Bonchev–Trinajstić information content (AvgIpc) is 3.98. The Hall–Kier alpha value is -7.04. The minimum absolute atomic E-state index is 0.802. The van der Waals surface area contributed by atoms with Crippen LogP contribution in [0.3, 0.4) is 0 Å². The molecule has 0 fully saturated rings. The van der Waals surface area contributed by atoms with Crippen LogP contribution in [0.1, 0.15) is 23.1 Å². The highest BCUT2D eigenvalue weighted by Gasteiger charge is 2.26. The number of aryl methyl sites for hydroxylation is 1. The summed E-state index contributed by atoms with van der Waals surface area (Å²) in [7, 11) is 0. The first-order valence-corrected chi connectivity index (χ1v) is 18.5. The molecule has 4 heteroatoms. The lowest BCUT2D eigenvalue weighted by Gasteiger charge is -2.18. The van der Waals surface area contributed by atoms with E-state index in [1.807, 2.05) is 18.2 Å². The highest BCUT2D eigenvalue weighted by molar-refractivity contribution is 6.32. The molecule has 54 heavy (non-hydrogen) atoms. The lowest BCUT2D eigenvalue weighted by atomic mass is 9.86. The van der Waals surface area contributed by atoms with Crippen LogP contribution in [0.15, 0.2) is 163 Å². The van der Waals surface area contributed by atoms with E-state index in [2.05, 4.69) is 127 Å². The smallest absolute Gasteiger partial charge is 0.144 e. The van der Waals surface area contributed by atoms with Gasteiger partial charge in [-0.1, -0.05) is 109 Å². The van der Waals surface area contributed by atoms with Gasteiger partial charge in [0.2, 0.25) is 0 Å². The molecule has 1 aliphatic carbocycles. The molecule has 0 N–H and O–H groups in total. The van der Waals surface area contributed by atoms with E-state index in [9.17, 15) is 0 Å². The topological polar surface area (TPSA) is 52.6 Å². The van der Waals surface area contributed by atoms with Gasteiger partial charge in [0.05, 0.1) is 0 Å². The molecule has 13 rings (SSSR count). The van der Waals surface area contributed by atoms with Crippen molar-refractivity contribution in [2.24, 2.45) is 0 Å². The van der Waals surface area contributed by atoms with Crippen LogP contribution in [0.2, 0.25) is 0 Å². The van der Waals surface area contributed by atoms with Crippen LogP contribution < -0.4 is 0 Å². The van der Waals surface area contributed by atoms with Crippen LogP contribution in [0.4, 0.5) is 0 Å². The normalized spacial score (nSPS) is 13.5. The monoisotopic (exact) mass is 692 g/mol. The van der Waals surface area contributed by atoms with Gasteiger partial charge >= 0.3 is 0 Å².